The second-order valence-electron chi connectivity index (χ2n) is 3.14. The van der Waals surface area contributed by atoms with Crippen LogP contribution in [0, 0.1) is 5.92 Å². The number of benzene rings is 1. The zero-order chi connectivity index (χ0) is 9.68. The van der Waals surface area contributed by atoms with Crippen molar-refractivity contribution in [3.63, 3.8) is 0 Å². The number of hydrogen-bond acceptors (Lipinski definition) is 2. The molecule has 1 rings (SSSR count). The Morgan fingerprint density at radius 3 is 2.46 bits per heavy atom. The Morgan fingerprint density at radius 2 is 1.92 bits per heavy atom. The van der Waals surface area contributed by atoms with Crippen LogP contribution in [0.1, 0.15) is 13.8 Å². The third kappa shape index (κ3) is 3.95. The summed E-state index contributed by atoms with van der Waals surface area (Å²) in [5.74, 6) is 0.458. The number of hydrogen-bond donors (Lipinski definition) is 1. The maximum atomic E-state index is 5.73. The Balaban J connectivity index is 2.50. The van der Waals surface area contributed by atoms with E-state index < -0.39 is 0 Å². The topological polar surface area (TPSA) is 24.4 Å². The molecule has 0 heterocycles. The molecular formula is C10H13ClN2. The lowest BCUT2D eigenvalue weighted by Gasteiger charge is -2.00. The quantitative estimate of drug-likeness (QED) is 0.582. The first-order chi connectivity index (χ1) is 6.18. The molecule has 13 heavy (non-hydrogen) atoms. The molecule has 0 aromatic heterocycles. The molecule has 1 N–H and O–H groups in total. The lowest BCUT2D eigenvalue weighted by Crippen LogP contribution is -1.93. The Labute approximate surface area is 83.6 Å². The van der Waals surface area contributed by atoms with Gasteiger partial charge in [-0.1, -0.05) is 25.4 Å². The van der Waals surface area contributed by atoms with Gasteiger partial charge in [-0.25, -0.2) is 0 Å². The predicted molar refractivity (Wildman–Crippen MR) is 58.4 cm³/mol. The highest BCUT2D eigenvalue weighted by atomic mass is 35.5. The van der Waals surface area contributed by atoms with Gasteiger partial charge in [-0.05, 0) is 30.2 Å². The van der Waals surface area contributed by atoms with Crippen LogP contribution in [0.4, 0.5) is 5.69 Å². The molecule has 70 valence electrons. The lowest BCUT2D eigenvalue weighted by atomic mass is 10.3. The first-order valence-electron chi connectivity index (χ1n) is 4.23. The molecule has 0 saturated heterocycles. The number of halogens is 1. The molecular weight excluding hydrogens is 184 g/mol. The van der Waals surface area contributed by atoms with Crippen LogP contribution in [-0.2, 0) is 0 Å². The molecule has 0 aliphatic carbocycles. The van der Waals surface area contributed by atoms with Crippen molar-refractivity contribution in [3.05, 3.63) is 29.3 Å². The molecule has 0 aliphatic heterocycles. The molecule has 0 saturated carbocycles. The number of hydrazone groups is 1. The Hall–Kier alpha value is -1.02. The molecule has 0 unspecified atom stereocenters. The van der Waals surface area contributed by atoms with E-state index in [9.17, 15) is 0 Å². The molecule has 3 heteroatoms. The molecule has 0 aliphatic rings. The predicted octanol–water partition coefficient (Wildman–Crippen LogP) is 3.39. The molecule has 2 nitrogen and oxygen atoms in total. The molecule has 0 bridgehead atoms. The highest BCUT2D eigenvalue weighted by molar-refractivity contribution is 6.30. The average molecular weight is 197 g/mol. The molecule has 0 amide bonds. The van der Waals surface area contributed by atoms with E-state index in [0.717, 1.165) is 10.7 Å². The van der Waals surface area contributed by atoms with E-state index in [0.29, 0.717) is 5.92 Å². The fraction of sp³-hybridized carbons (Fsp3) is 0.300. The van der Waals surface area contributed by atoms with Crippen LogP contribution in [0.5, 0.6) is 0 Å². The van der Waals surface area contributed by atoms with Crippen molar-refractivity contribution in [2.75, 3.05) is 5.43 Å². The minimum absolute atomic E-state index is 0.458. The zero-order valence-electron chi connectivity index (χ0n) is 7.79. The van der Waals surface area contributed by atoms with Crippen LogP contribution in [0.3, 0.4) is 0 Å². The third-order valence-corrected chi connectivity index (χ3v) is 1.66. The van der Waals surface area contributed by atoms with E-state index in [2.05, 4.69) is 24.4 Å². The van der Waals surface area contributed by atoms with Gasteiger partial charge in [0.1, 0.15) is 0 Å². The van der Waals surface area contributed by atoms with Crippen molar-refractivity contribution < 1.29 is 0 Å². The van der Waals surface area contributed by atoms with E-state index in [-0.39, 0.29) is 0 Å². The molecule has 0 radical (unpaired) electrons. The van der Waals surface area contributed by atoms with Crippen LogP contribution in [-0.4, -0.2) is 6.21 Å². The molecule has 1 aromatic rings. The third-order valence-electron chi connectivity index (χ3n) is 1.41. The summed E-state index contributed by atoms with van der Waals surface area (Å²) in [5.41, 5.74) is 3.86. The summed E-state index contributed by atoms with van der Waals surface area (Å²) >= 11 is 5.73. The van der Waals surface area contributed by atoms with Crippen molar-refractivity contribution in [3.8, 4) is 0 Å². The fourth-order valence-electron chi connectivity index (χ4n) is 0.785. The number of nitrogens with zero attached hydrogens (tertiary/aromatic N) is 1. The van der Waals surface area contributed by atoms with Gasteiger partial charge in [-0.15, -0.1) is 0 Å². The molecule has 1 aromatic carbocycles. The molecule has 0 fully saturated rings. The van der Waals surface area contributed by atoms with E-state index in [1.165, 1.54) is 0 Å². The number of rotatable bonds is 3. The summed E-state index contributed by atoms with van der Waals surface area (Å²) < 4.78 is 0. The summed E-state index contributed by atoms with van der Waals surface area (Å²) in [4.78, 5) is 0. The summed E-state index contributed by atoms with van der Waals surface area (Å²) in [6.45, 7) is 4.15. The fourth-order valence-corrected chi connectivity index (χ4v) is 0.911. The maximum absolute atomic E-state index is 5.73. The minimum Gasteiger partial charge on any atom is -0.279 e. The van der Waals surface area contributed by atoms with Crippen LogP contribution in [0.15, 0.2) is 29.4 Å². The van der Waals surface area contributed by atoms with Gasteiger partial charge in [0.15, 0.2) is 0 Å². The van der Waals surface area contributed by atoms with Crippen LogP contribution in [0.2, 0.25) is 5.02 Å². The van der Waals surface area contributed by atoms with Crippen molar-refractivity contribution in [1.82, 2.24) is 0 Å². The van der Waals surface area contributed by atoms with Gasteiger partial charge in [-0.2, -0.15) is 5.10 Å². The monoisotopic (exact) mass is 196 g/mol. The summed E-state index contributed by atoms with van der Waals surface area (Å²) in [5, 5.41) is 4.79. The number of nitrogens with one attached hydrogen (secondary N) is 1. The second-order valence-corrected chi connectivity index (χ2v) is 3.58. The van der Waals surface area contributed by atoms with Crippen molar-refractivity contribution in [2.45, 2.75) is 13.8 Å². The van der Waals surface area contributed by atoms with E-state index in [1.54, 1.807) is 0 Å². The van der Waals surface area contributed by atoms with Crippen molar-refractivity contribution >= 4 is 23.5 Å². The van der Waals surface area contributed by atoms with Gasteiger partial charge < -0.3 is 0 Å². The standard InChI is InChI=1S/C10H13ClN2/c1-8(2)7-12-13-10-5-3-9(11)4-6-10/h3-8,13H,1-2H3. The van der Waals surface area contributed by atoms with Gasteiger partial charge >= 0.3 is 0 Å². The van der Waals surface area contributed by atoms with Gasteiger partial charge in [0.05, 0.1) is 5.69 Å². The van der Waals surface area contributed by atoms with Crippen LogP contribution in [0.25, 0.3) is 0 Å². The SMILES string of the molecule is CC(C)C=NNc1ccc(Cl)cc1. The van der Waals surface area contributed by atoms with E-state index in [4.69, 9.17) is 11.6 Å². The maximum Gasteiger partial charge on any atom is 0.0562 e. The Morgan fingerprint density at radius 1 is 1.31 bits per heavy atom. The van der Waals surface area contributed by atoms with Gasteiger partial charge in [0.25, 0.3) is 0 Å². The molecule has 0 atom stereocenters. The summed E-state index contributed by atoms with van der Waals surface area (Å²) in [7, 11) is 0. The van der Waals surface area contributed by atoms with E-state index in [1.807, 2.05) is 30.5 Å². The largest absolute Gasteiger partial charge is 0.279 e. The Bertz CT molecular complexity index is 277. The smallest absolute Gasteiger partial charge is 0.0562 e. The summed E-state index contributed by atoms with van der Waals surface area (Å²) in [6, 6.07) is 7.43. The average Bonchev–Trinajstić information content (AvgIpc) is 2.08. The summed E-state index contributed by atoms with van der Waals surface area (Å²) in [6.07, 6.45) is 1.86. The normalized spacial score (nSPS) is 11.1. The van der Waals surface area contributed by atoms with Gasteiger partial charge in [0.2, 0.25) is 0 Å². The number of anilines is 1. The highest BCUT2D eigenvalue weighted by Crippen LogP contribution is 2.12. The molecule has 0 spiro atoms. The van der Waals surface area contributed by atoms with Crippen molar-refractivity contribution in [1.29, 1.82) is 0 Å². The van der Waals surface area contributed by atoms with Gasteiger partial charge in [0, 0.05) is 11.2 Å². The minimum atomic E-state index is 0.458. The second kappa shape index (κ2) is 4.87. The first kappa shape index (κ1) is 10.1. The Kier molecular flexibility index (Phi) is 3.77. The van der Waals surface area contributed by atoms with Crippen LogP contribution >= 0.6 is 11.6 Å². The van der Waals surface area contributed by atoms with Crippen molar-refractivity contribution in [2.24, 2.45) is 11.0 Å². The zero-order valence-corrected chi connectivity index (χ0v) is 8.55. The lowest BCUT2D eigenvalue weighted by molar-refractivity contribution is 0.904. The van der Waals surface area contributed by atoms with E-state index >= 15 is 0 Å². The highest BCUT2D eigenvalue weighted by Gasteiger charge is 1.89. The first-order valence-corrected chi connectivity index (χ1v) is 4.61. The van der Waals surface area contributed by atoms with Crippen LogP contribution < -0.4 is 5.43 Å². The van der Waals surface area contributed by atoms with Gasteiger partial charge in [-0.3, -0.25) is 5.43 Å².